The number of imidazole rings is 1. The largest absolute Gasteiger partial charge is 0.476 e. The van der Waals surface area contributed by atoms with Crippen LogP contribution in [0.25, 0.3) is 11.0 Å². The fraction of sp³-hybridized carbons (Fsp3) is 0.435. The highest BCUT2D eigenvalue weighted by Crippen LogP contribution is 2.34. The van der Waals surface area contributed by atoms with Crippen molar-refractivity contribution in [1.82, 2.24) is 9.97 Å². The second kappa shape index (κ2) is 7.76. The molecule has 2 aromatic heterocycles. The van der Waals surface area contributed by atoms with Crippen LogP contribution < -0.4 is 15.6 Å². The normalized spacial score (nSPS) is 17.0. The summed E-state index contributed by atoms with van der Waals surface area (Å²) in [5.41, 5.74) is 2.43. The van der Waals surface area contributed by atoms with Crippen LogP contribution in [0.4, 0.5) is 11.7 Å². The first kappa shape index (κ1) is 21.0. The van der Waals surface area contributed by atoms with E-state index in [2.05, 4.69) is 34.0 Å². The smallest absolute Gasteiger partial charge is 0.356 e. The third kappa shape index (κ3) is 4.15. The number of aromatic nitrogens is 2. The van der Waals surface area contributed by atoms with Gasteiger partial charge in [0.1, 0.15) is 5.58 Å². The molecule has 1 aliphatic rings. The zero-order chi connectivity index (χ0) is 22.3. The molecule has 8 nitrogen and oxygen atoms in total. The summed E-state index contributed by atoms with van der Waals surface area (Å²) >= 11 is 0. The van der Waals surface area contributed by atoms with Crippen molar-refractivity contribution in [2.75, 3.05) is 23.3 Å². The van der Waals surface area contributed by atoms with E-state index < -0.39 is 5.97 Å². The number of H-pyrrole nitrogens is 1. The molecular formula is C23H28N4O4. The van der Waals surface area contributed by atoms with E-state index in [-0.39, 0.29) is 23.0 Å². The standard InChI is InChI=1S/C23H28N4O4/c1-13-9-15(14(2)26-21-19(22(29)30)24-12-25-21)20-16(10-13)17(28)11-18(31-20)27-7-5-23(3,4)6-8-27/h9-12,14,26H,5-8H2,1-4H3,(H,24,25)(H,29,30). The van der Waals surface area contributed by atoms with Crippen molar-refractivity contribution in [3.63, 3.8) is 0 Å². The summed E-state index contributed by atoms with van der Waals surface area (Å²) in [5, 5.41) is 13.0. The molecule has 0 radical (unpaired) electrons. The number of carboxylic acids is 1. The molecular weight excluding hydrogens is 396 g/mol. The molecule has 0 saturated carbocycles. The number of anilines is 2. The number of nitrogens with zero attached hydrogens (tertiary/aromatic N) is 2. The molecule has 3 heterocycles. The number of aromatic amines is 1. The first-order valence-electron chi connectivity index (χ1n) is 10.5. The number of carbonyl (C=O) groups is 1. The Kier molecular flexibility index (Phi) is 5.24. The number of piperidine rings is 1. The number of benzene rings is 1. The van der Waals surface area contributed by atoms with Crippen LogP contribution in [0.3, 0.4) is 0 Å². The quantitative estimate of drug-likeness (QED) is 0.559. The highest BCUT2D eigenvalue weighted by atomic mass is 16.4. The Labute approximate surface area is 180 Å². The van der Waals surface area contributed by atoms with Crippen LogP contribution >= 0.6 is 0 Å². The third-order valence-electron chi connectivity index (χ3n) is 6.09. The molecule has 1 unspecified atom stereocenters. The summed E-state index contributed by atoms with van der Waals surface area (Å²) in [7, 11) is 0. The summed E-state index contributed by atoms with van der Waals surface area (Å²) in [6.45, 7) is 10.0. The highest BCUT2D eigenvalue weighted by Gasteiger charge is 2.27. The maximum absolute atomic E-state index is 13.0. The molecule has 1 aromatic carbocycles. The highest BCUT2D eigenvalue weighted by molar-refractivity contribution is 5.91. The van der Waals surface area contributed by atoms with Crippen LogP contribution in [0.15, 0.2) is 33.7 Å². The number of carboxylic acid groups (broad SMARTS) is 1. The van der Waals surface area contributed by atoms with Gasteiger partial charge in [-0.1, -0.05) is 19.9 Å². The summed E-state index contributed by atoms with van der Waals surface area (Å²) < 4.78 is 6.30. The first-order chi connectivity index (χ1) is 14.6. The van der Waals surface area contributed by atoms with E-state index in [0.717, 1.165) is 37.1 Å². The number of rotatable bonds is 5. The van der Waals surface area contributed by atoms with E-state index in [1.807, 2.05) is 26.0 Å². The molecule has 0 aliphatic carbocycles. The summed E-state index contributed by atoms with van der Waals surface area (Å²) in [4.78, 5) is 33.2. The molecule has 0 bridgehead atoms. The monoisotopic (exact) mass is 424 g/mol. The fourth-order valence-corrected chi connectivity index (χ4v) is 4.08. The van der Waals surface area contributed by atoms with Crippen LogP contribution in [-0.4, -0.2) is 34.1 Å². The Morgan fingerprint density at radius 1 is 1.29 bits per heavy atom. The SMILES string of the molecule is Cc1cc(C(C)Nc2nc[nH]c2C(=O)O)c2oc(N3CCC(C)(C)CC3)cc(=O)c2c1. The lowest BCUT2D eigenvalue weighted by Crippen LogP contribution is -2.37. The van der Waals surface area contributed by atoms with Crippen molar-refractivity contribution in [3.8, 4) is 0 Å². The van der Waals surface area contributed by atoms with Gasteiger partial charge >= 0.3 is 5.97 Å². The molecule has 1 fully saturated rings. The second-order valence-corrected chi connectivity index (χ2v) is 9.13. The number of hydrogen-bond donors (Lipinski definition) is 3. The predicted octanol–water partition coefficient (Wildman–Crippen LogP) is 4.32. The molecule has 31 heavy (non-hydrogen) atoms. The van der Waals surface area contributed by atoms with Gasteiger partial charge in [0.25, 0.3) is 0 Å². The lowest BCUT2D eigenvalue weighted by molar-refractivity contribution is 0.0692. The van der Waals surface area contributed by atoms with Gasteiger partial charge in [-0.15, -0.1) is 0 Å². The van der Waals surface area contributed by atoms with Crippen LogP contribution in [-0.2, 0) is 0 Å². The lowest BCUT2D eigenvalue weighted by Gasteiger charge is -2.37. The van der Waals surface area contributed by atoms with Crippen molar-refractivity contribution in [3.05, 3.63) is 51.6 Å². The van der Waals surface area contributed by atoms with Gasteiger partial charge < -0.3 is 24.7 Å². The van der Waals surface area contributed by atoms with E-state index in [1.54, 1.807) is 6.07 Å². The van der Waals surface area contributed by atoms with Crippen molar-refractivity contribution in [1.29, 1.82) is 0 Å². The van der Waals surface area contributed by atoms with E-state index >= 15 is 0 Å². The van der Waals surface area contributed by atoms with Gasteiger partial charge in [0, 0.05) is 24.7 Å². The minimum Gasteiger partial charge on any atom is -0.476 e. The van der Waals surface area contributed by atoms with E-state index in [0.29, 0.717) is 22.3 Å². The summed E-state index contributed by atoms with van der Waals surface area (Å²) in [5.74, 6) is -0.272. The molecule has 0 spiro atoms. The van der Waals surface area contributed by atoms with Gasteiger partial charge in [-0.05, 0) is 43.7 Å². The van der Waals surface area contributed by atoms with Crippen LogP contribution in [0.5, 0.6) is 0 Å². The fourth-order valence-electron chi connectivity index (χ4n) is 4.08. The molecule has 8 heteroatoms. The first-order valence-corrected chi connectivity index (χ1v) is 10.5. The van der Waals surface area contributed by atoms with E-state index in [4.69, 9.17) is 4.42 Å². The van der Waals surface area contributed by atoms with Crippen molar-refractivity contribution >= 4 is 28.6 Å². The van der Waals surface area contributed by atoms with E-state index in [9.17, 15) is 14.7 Å². The van der Waals surface area contributed by atoms with Crippen LogP contribution in [0, 0.1) is 12.3 Å². The van der Waals surface area contributed by atoms with Gasteiger partial charge in [-0.2, -0.15) is 0 Å². The van der Waals surface area contributed by atoms with Gasteiger partial charge in [0.05, 0.1) is 17.8 Å². The molecule has 0 amide bonds. The average Bonchev–Trinajstić information content (AvgIpc) is 3.16. The zero-order valence-corrected chi connectivity index (χ0v) is 18.3. The summed E-state index contributed by atoms with van der Waals surface area (Å²) in [6, 6.07) is 5.04. The Morgan fingerprint density at radius 3 is 2.68 bits per heavy atom. The Bertz CT molecular complexity index is 1180. The molecule has 1 aliphatic heterocycles. The Hall–Kier alpha value is -3.29. The third-order valence-corrected chi connectivity index (χ3v) is 6.09. The minimum absolute atomic E-state index is 0.0121. The maximum Gasteiger partial charge on any atom is 0.356 e. The van der Waals surface area contributed by atoms with Gasteiger partial charge in [0.15, 0.2) is 22.8 Å². The number of nitrogens with one attached hydrogen (secondary N) is 2. The minimum atomic E-state index is -1.09. The molecule has 1 atom stereocenters. The average molecular weight is 425 g/mol. The van der Waals surface area contributed by atoms with Crippen molar-refractivity contribution < 1.29 is 14.3 Å². The predicted molar refractivity (Wildman–Crippen MR) is 120 cm³/mol. The summed E-state index contributed by atoms with van der Waals surface area (Å²) in [6.07, 6.45) is 3.40. The van der Waals surface area contributed by atoms with Crippen LogP contribution in [0.2, 0.25) is 0 Å². The molecule has 3 aromatic rings. The zero-order valence-electron chi connectivity index (χ0n) is 18.3. The number of fused-ring (bicyclic) bond motifs is 1. The molecule has 164 valence electrons. The van der Waals surface area contributed by atoms with Crippen LogP contribution in [0.1, 0.15) is 61.3 Å². The van der Waals surface area contributed by atoms with Crippen molar-refractivity contribution in [2.45, 2.75) is 46.6 Å². The molecule has 4 rings (SSSR count). The molecule has 3 N–H and O–H groups in total. The van der Waals surface area contributed by atoms with Gasteiger partial charge in [-0.3, -0.25) is 4.79 Å². The maximum atomic E-state index is 13.0. The Morgan fingerprint density at radius 2 is 2.00 bits per heavy atom. The number of aryl methyl sites for hydroxylation is 1. The van der Waals surface area contributed by atoms with E-state index in [1.165, 1.54) is 6.33 Å². The molecule has 1 saturated heterocycles. The van der Waals surface area contributed by atoms with Gasteiger partial charge in [0.2, 0.25) is 0 Å². The van der Waals surface area contributed by atoms with Gasteiger partial charge in [-0.25, -0.2) is 9.78 Å². The lowest BCUT2D eigenvalue weighted by atomic mass is 9.83. The number of hydrogen-bond acceptors (Lipinski definition) is 6. The topological polar surface area (TPSA) is 111 Å². The van der Waals surface area contributed by atoms with Crippen molar-refractivity contribution in [2.24, 2.45) is 5.41 Å². The number of aromatic carboxylic acids is 1. The second-order valence-electron chi connectivity index (χ2n) is 9.13. The Balaban J connectivity index is 1.74.